The predicted molar refractivity (Wildman–Crippen MR) is 109 cm³/mol. The first-order valence-corrected chi connectivity index (χ1v) is 10.1. The number of carbonyl (C=O) groups excluding carboxylic acids is 1. The molecule has 0 bridgehead atoms. The summed E-state index contributed by atoms with van der Waals surface area (Å²) in [6.07, 6.45) is 2.73. The summed E-state index contributed by atoms with van der Waals surface area (Å²) in [5.41, 5.74) is 2.90. The van der Waals surface area contributed by atoms with Gasteiger partial charge in [-0.2, -0.15) is 9.78 Å². The van der Waals surface area contributed by atoms with Gasteiger partial charge in [-0.1, -0.05) is 35.6 Å². The van der Waals surface area contributed by atoms with Crippen LogP contribution in [0, 0.1) is 5.82 Å². The zero-order chi connectivity index (χ0) is 19.8. The number of benzene rings is 2. The summed E-state index contributed by atoms with van der Waals surface area (Å²) in [5.74, 6) is -0.197. The molecule has 6 nitrogen and oxygen atoms in total. The van der Waals surface area contributed by atoms with Crippen LogP contribution in [-0.4, -0.2) is 27.3 Å². The van der Waals surface area contributed by atoms with E-state index < -0.39 is 5.82 Å². The largest absolute Gasteiger partial charge is 0.481 e. The Hall–Kier alpha value is -3.26. The van der Waals surface area contributed by atoms with E-state index in [1.807, 2.05) is 24.3 Å². The van der Waals surface area contributed by atoms with Gasteiger partial charge in [0.1, 0.15) is 5.82 Å². The SMILES string of the molecule is O=C(COc1ccccc1F)Nc1c2c(nn1-c1nc3ccccc3s1)CCC2. The van der Waals surface area contributed by atoms with Crippen molar-refractivity contribution in [3.8, 4) is 10.9 Å². The molecule has 5 rings (SSSR count). The zero-order valence-corrected chi connectivity index (χ0v) is 16.2. The first-order valence-electron chi connectivity index (χ1n) is 9.33. The molecule has 0 aliphatic heterocycles. The number of carbonyl (C=O) groups is 1. The molecule has 8 heteroatoms. The summed E-state index contributed by atoms with van der Waals surface area (Å²) in [5, 5.41) is 8.29. The third kappa shape index (κ3) is 3.36. The molecule has 146 valence electrons. The van der Waals surface area contributed by atoms with E-state index in [0.717, 1.165) is 40.7 Å². The molecule has 0 fully saturated rings. The topological polar surface area (TPSA) is 69.0 Å². The Labute approximate surface area is 170 Å². The minimum atomic E-state index is -0.499. The van der Waals surface area contributed by atoms with Gasteiger partial charge in [-0.3, -0.25) is 4.79 Å². The maximum atomic E-state index is 13.7. The molecule has 29 heavy (non-hydrogen) atoms. The highest BCUT2D eigenvalue weighted by atomic mass is 32.1. The van der Waals surface area contributed by atoms with E-state index >= 15 is 0 Å². The van der Waals surface area contributed by atoms with Crippen molar-refractivity contribution >= 4 is 33.3 Å². The molecular weight excluding hydrogens is 391 g/mol. The molecule has 0 atom stereocenters. The third-order valence-corrected chi connectivity index (χ3v) is 5.84. The lowest BCUT2D eigenvalue weighted by Crippen LogP contribution is -2.22. The van der Waals surface area contributed by atoms with Gasteiger partial charge in [-0.15, -0.1) is 0 Å². The molecule has 1 aliphatic carbocycles. The number of hydrogen-bond donors (Lipinski definition) is 1. The maximum absolute atomic E-state index is 13.7. The van der Waals surface area contributed by atoms with Crippen molar-refractivity contribution in [1.29, 1.82) is 0 Å². The quantitative estimate of drug-likeness (QED) is 0.539. The lowest BCUT2D eigenvalue weighted by atomic mass is 10.2. The van der Waals surface area contributed by atoms with Crippen LogP contribution in [0.3, 0.4) is 0 Å². The molecule has 0 unspecified atom stereocenters. The van der Waals surface area contributed by atoms with Crippen LogP contribution in [0.2, 0.25) is 0 Å². The van der Waals surface area contributed by atoms with Gasteiger partial charge in [0.15, 0.2) is 18.2 Å². The Balaban J connectivity index is 1.42. The van der Waals surface area contributed by atoms with Crippen LogP contribution < -0.4 is 10.1 Å². The van der Waals surface area contributed by atoms with Crippen molar-refractivity contribution in [1.82, 2.24) is 14.8 Å². The number of thiazole rings is 1. The predicted octanol–water partition coefficient (Wildman–Crippen LogP) is 4.13. The number of halogens is 1. The Morgan fingerprint density at radius 1 is 1.17 bits per heavy atom. The number of para-hydroxylation sites is 2. The molecule has 4 aromatic rings. The highest BCUT2D eigenvalue weighted by Gasteiger charge is 2.25. The molecule has 0 spiro atoms. The van der Waals surface area contributed by atoms with E-state index in [2.05, 4.69) is 10.3 Å². The molecule has 1 N–H and O–H groups in total. The van der Waals surface area contributed by atoms with Crippen molar-refractivity contribution < 1.29 is 13.9 Å². The highest BCUT2D eigenvalue weighted by Crippen LogP contribution is 2.33. The fourth-order valence-electron chi connectivity index (χ4n) is 3.48. The van der Waals surface area contributed by atoms with Crippen molar-refractivity contribution in [2.24, 2.45) is 0 Å². The molecule has 2 aromatic carbocycles. The second-order valence-corrected chi connectivity index (χ2v) is 7.78. The van der Waals surface area contributed by atoms with Gasteiger partial charge < -0.3 is 10.1 Å². The van der Waals surface area contributed by atoms with E-state index in [1.54, 1.807) is 16.8 Å². The van der Waals surface area contributed by atoms with E-state index in [-0.39, 0.29) is 18.3 Å². The van der Waals surface area contributed by atoms with Crippen molar-refractivity contribution in [2.45, 2.75) is 19.3 Å². The van der Waals surface area contributed by atoms with E-state index in [4.69, 9.17) is 9.84 Å². The van der Waals surface area contributed by atoms with Crippen molar-refractivity contribution in [3.05, 3.63) is 65.6 Å². The second-order valence-electron chi connectivity index (χ2n) is 6.77. The van der Waals surface area contributed by atoms with Crippen LogP contribution in [-0.2, 0) is 17.6 Å². The number of rotatable bonds is 5. The summed E-state index contributed by atoms with van der Waals surface area (Å²) in [7, 11) is 0. The van der Waals surface area contributed by atoms with Crippen LogP contribution in [0.5, 0.6) is 5.75 Å². The van der Waals surface area contributed by atoms with E-state index in [9.17, 15) is 9.18 Å². The standard InChI is InChI=1S/C21H17FN4O2S/c22-14-7-1-3-10-17(14)28-12-19(27)24-20-13-6-5-9-15(13)25-26(20)21-23-16-8-2-4-11-18(16)29-21/h1-4,7-8,10-11H,5-6,9,12H2,(H,24,27). The van der Waals surface area contributed by atoms with Gasteiger partial charge in [0, 0.05) is 5.56 Å². The number of anilines is 1. The highest BCUT2D eigenvalue weighted by molar-refractivity contribution is 7.20. The van der Waals surface area contributed by atoms with Gasteiger partial charge in [0.25, 0.3) is 5.91 Å². The zero-order valence-electron chi connectivity index (χ0n) is 15.4. The van der Waals surface area contributed by atoms with Gasteiger partial charge in [-0.25, -0.2) is 9.37 Å². The maximum Gasteiger partial charge on any atom is 0.263 e. The molecule has 1 amide bonds. The average molecular weight is 408 g/mol. The van der Waals surface area contributed by atoms with Crippen LogP contribution in [0.1, 0.15) is 17.7 Å². The summed E-state index contributed by atoms with van der Waals surface area (Å²) < 4.78 is 21.8. The monoisotopic (exact) mass is 408 g/mol. The van der Waals surface area contributed by atoms with Crippen LogP contribution in [0.15, 0.2) is 48.5 Å². The lowest BCUT2D eigenvalue weighted by molar-refractivity contribution is -0.118. The number of fused-ring (bicyclic) bond motifs is 2. The summed E-state index contributed by atoms with van der Waals surface area (Å²) >= 11 is 1.52. The fourth-order valence-corrected chi connectivity index (χ4v) is 4.41. The number of amides is 1. The number of nitrogens with zero attached hydrogens (tertiary/aromatic N) is 3. The molecule has 2 heterocycles. The summed E-state index contributed by atoms with van der Waals surface area (Å²) in [4.78, 5) is 17.2. The molecule has 0 saturated carbocycles. The Morgan fingerprint density at radius 3 is 2.86 bits per heavy atom. The number of hydrogen-bond acceptors (Lipinski definition) is 5. The molecule has 0 saturated heterocycles. The van der Waals surface area contributed by atoms with Gasteiger partial charge in [0.2, 0.25) is 5.13 Å². The summed E-state index contributed by atoms with van der Waals surface area (Å²) in [6, 6.07) is 13.9. The molecule has 0 radical (unpaired) electrons. The molecular formula is C21H17FN4O2S. The van der Waals surface area contributed by atoms with Gasteiger partial charge >= 0.3 is 0 Å². The van der Waals surface area contributed by atoms with Crippen molar-refractivity contribution in [3.63, 3.8) is 0 Å². The lowest BCUT2D eigenvalue weighted by Gasteiger charge is -2.10. The number of nitrogens with one attached hydrogen (secondary N) is 1. The number of ether oxygens (including phenoxy) is 1. The minimum Gasteiger partial charge on any atom is -0.481 e. The second kappa shape index (κ2) is 7.29. The van der Waals surface area contributed by atoms with Gasteiger partial charge in [-0.05, 0) is 43.5 Å². The van der Waals surface area contributed by atoms with Crippen LogP contribution in [0.4, 0.5) is 10.2 Å². The third-order valence-electron chi connectivity index (χ3n) is 4.82. The number of aryl methyl sites for hydroxylation is 1. The Morgan fingerprint density at radius 2 is 2.00 bits per heavy atom. The Kier molecular flexibility index (Phi) is 4.48. The average Bonchev–Trinajstić information content (AvgIpc) is 3.42. The summed E-state index contributed by atoms with van der Waals surface area (Å²) in [6.45, 7) is -0.291. The first-order chi connectivity index (χ1) is 14.2. The smallest absolute Gasteiger partial charge is 0.263 e. The molecule has 1 aliphatic rings. The van der Waals surface area contributed by atoms with Crippen molar-refractivity contribution in [2.75, 3.05) is 11.9 Å². The minimum absolute atomic E-state index is 0.0487. The fraction of sp³-hybridized carbons (Fsp3) is 0.190. The van der Waals surface area contributed by atoms with Crippen LogP contribution >= 0.6 is 11.3 Å². The molecule has 2 aromatic heterocycles. The first kappa shape index (κ1) is 17.8. The van der Waals surface area contributed by atoms with E-state index in [1.165, 1.54) is 23.5 Å². The van der Waals surface area contributed by atoms with Crippen LogP contribution in [0.25, 0.3) is 15.3 Å². The van der Waals surface area contributed by atoms with Gasteiger partial charge in [0.05, 0.1) is 15.9 Å². The number of aromatic nitrogens is 3. The Bertz CT molecular complexity index is 1180. The normalized spacial score (nSPS) is 12.9. The van der Waals surface area contributed by atoms with E-state index in [0.29, 0.717) is 10.9 Å².